The molecule has 0 unspecified atom stereocenters. The molecule has 1 aliphatic carbocycles. The van der Waals surface area contributed by atoms with E-state index >= 15 is 0 Å². The van der Waals surface area contributed by atoms with Crippen LogP contribution in [0.5, 0.6) is 5.75 Å². The van der Waals surface area contributed by atoms with Gasteiger partial charge in [-0.05, 0) is 37.1 Å². The number of ether oxygens (including phenoxy) is 1. The third-order valence-corrected chi connectivity index (χ3v) is 2.77. The Labute approximate surface area is 109 Å². The molecule has 0 atom stereocenters. The van der Waals surface area contributed by atoms with Crippen LogP contribution < -0.4 is 10.1 Å². The molecule has 0 radical (unpaired) electrons. The van der Waals surface area contributed by atoms with Crippen LogP contribution >= 0.6 is 0 Å². The number of aromatic nitrogens is 2. The molecule has 0 saturated heterocycles. The third-order valence-electron chi connectivity index (χ3n) is 2.77. The Kier molecular flexibility index (Phi) is 3.14. The molecular weight excluding hydrogens is 246 g/mol. The summed E-state index contributed by atoms with van der Waals surface area (Å²) in [5, 5.41) is 10.3. The Morgan fingerprint density at radius 2 is 2.16 bits per heavy atom. The summed E-state index contributed by atoms with van der Waals surface area (Å²) in [6, 6.07) is 7.51. The van der Waals surface area contributed by atoms with Gasteiger partial charge >= 0.3 is 0 Å². The van der Waals surface area contributed by atoms with Crippen LogP contribution in [0.2, 0.25) is 0 Å². The van der Waals surface area contributed by atoms with Crippen molar-refractivity contribution in [3.05, 3.63) is 30.7 Å². The molecule has 1 aliphatic rings. The summed E-state index contributed by atoms with van der Waals surface area (Å²) in [4.78, 5) is 11.5. The molecule has 0 aliphatic heterocycles. The first-order chi connectivity index (χ1) is 9.31. The zero-order chi connectivity index (χ0) is 13.1. The van der Waals surface area contributed by atoms with Crippen molar-refractivity contribution in [2.45, 2.75) is 18.9 Å². The molecule has 1 saturated carbocycles. The third kappa shape index (κ3) is 3.09. The van der Waals surface area contributed by atoms with Crippen molar-refractivity contribution in [3.63, 3.8) is 0 Å². The Balaban J connectivity index is 1.55. The maximum atomic E-state index is 11.5. The highest BCUT2D eigenvalue weighted by Gasteiger charge is 2.23. The highest BCUT2D eigenvalue weighted by molar-refractivity contribution is 5.78. The van der Waals surface area contributed by atoms with E-state index in [-0.39, 0.29) is 12.5 Å². The first kappa shape index (κ1) is 11.7. The first-order valence-electron chi connectivity index (χ1n) is 6.10. The van der Waals surface area contributed by atoms with Crippen LogP contribution in [-0.2, 0) is 4.79 Å². The quantitative estimate of drug-likeness (QED) is 0.878. The number of rotatable bonds is 5. The summed E-state index contributed by atoms with van der Waals surface area (Å²) < 4.78 is 10.5. The second-order valence-electron chi connectivity index (χ2n) is 4.40. The molecule has 1 amide bonds. The molecule has 1 heterocycles. The van der Waals surface area contributed by atoms with E-state index in [0.29, 0.717) is 17.7 Å². The SMILES string of the molecule is O=C(COc1ccc(-c2nnco2)cc1)NC1CC1. The fourth-order valence-electron chi connectivity index (χ4n) is 1.64. The van der Waals surface area contributed by atoms with Crippen molar-refractivity contribution >= 4 is 5.91 Å². The number of carbonyl (C=O) groups is 1. The normalized spacial score (nSPS) is 14.1. The van der Waals surface area contributed by atoms with E-state index in [1.165, 1.54) is 6.39 Å². The van der Waals surface area contributed by atoms with Crippen LogP contribution in [0.15, 0.2) is 35.1 Å². The zero-order valence-electron chi connectivity index (χ0n) is 10.2. The minimum atomic E-state index is -0.0801. The standard InChI is InChI=1S/C13H13N3O3/c17-12(15-10-3-4-10)7-18-11-5-1-9(2-6-11)13-16-14-8-19-13/h1-2,5-6,8,10H,3-4,7H2,(H,15,17). The van der Waals surface area contributed by atoms with Gasteiger partial charge in [0, 0.05) is 11.6 Å². The minimum Gasteiger partial charge on any atom is -0.484 e. The smallest absolute Gasteiger partial charge is 0.258 e. The molecular formula is C13H13N3O3. The molecule has 0 bridgehead atoms. The van der Waals surface area contributed by atoms with Crippen molar-refractivity contribution < 1.29 is 13.9 Å². The van der Waals surface area contributed by atoms with E-state index in [1.54, 1.807) is 12.1 Å². The number of carbonyl (C=O) groups excluding carboxylic acids is 1. The van der Waals surface area contributed by atoms with Crippen LogP contribution in [0, 0.1) is 0 Å². The van der Waals surface area contributed by atoms with Gasteiger partial charge in [0.15, 0.2) is 6.61 Å². The summed E-state index contributed by atoms with van der Waals surface area (Å²) in [6.45, 7) is 0.0381. The maximum absolute atomic E-state index is 11.5. The van der Waals surface area contributed by atoms with Crippen molar-refractivity contribution in [1.82, 2.24) is 15.5 Å². The van der Waals surface area contributed by atoms with Crippen molar-refractivity contribution in [3.8, 4) is 17.2 Å². The first-order valence-corrected chi connectivity index (χ1v) is 6.10. The van der Waals surface area contributed by atoms with Gasteiger partial charge in [0.25, 0.3) is 5.91 Å². The van der Waals surface area contributed by atoms with E-state index in [9.17, 15) is 4.79 Å². The highest BCUT2D eigenvalue weighted by Crippen LogP contribution is 2.20. The lowest BCUT2D eigenvalue weighted by Crippen LogP contribution is -2.30. The molecule has 6 nitrogen and oxygen atoms in total. The van der Waals surface area contributed by atoms with Crippen molar-refractivity contribution in [1.29, 1.82) is 0 Å². The minimum absolute atomic E-state index is 0.0381. The van der Waals surface area contributed by atoms with E-state index < -0.39 is 0 Å². The van der Waals surface area contributed by atoms with Crippen LogP contribution in [0.4, 0.5) is 0 Å². The monoisotopic (exact) mass is 259 g/mol. The van der Waals surface area contributed by atoms with Crippen molar-refractivity contribution in [2.75, 3.05) is 6.61 Å². The molecule has 3 rings (SSSR count). The van der Waals surface area contributed by atoms with Gasteiger partial charge in [-0.2, -0.15) is 0 Å². The molecule has 0 spiro atoms. The summed E-state index contributed by atoms with van der Waals surface area (Å²) in [5.74, 6) is 1.01. The maximum Gasteiger partial charge on any atom is 0.258 e. The predicted molar refractivity (Wildman–Crippen MR) is 66.4 cm³/mol. The van der Waals surface area contributed by atoms with E-state index in [2.05, 4.69) is 15.5 Å². The number of hydrogen-bond acceptors (Lipinski definition) is 5. The largest absolute Gasteiger partial charge is 0.484 e. The molecule has 1 aromatic heterocycles. The van der Waals surface area contributed by atoms with Crippen molar-refractivity contribution in [2.24, 2.45) is 0 Å². The van der Waals surface area contributed by atoms with Crippen LogP contribution in [0.3, 0.4) is 0 Å². The Hall–Kier alpha value is -2.37. The van der Waals surface area contributed by atoms with E-state index in [0.717, 1.165) is 18.4 Å². The van der Waals surface area contributed by atoms with Gasteiger partial charge in [0.2, 0.25) is 12.3 Å². The predicted octanol–water partition coefficient (Wildman–Crippen LogP) is 1.39. The van der Waals surface area contributed by atoms with E-state index in [1.807, 2.05) is 12.1 Å². The number of amides is 1. The molecule has 6 heteroatoms. The highest BCUT2D eigenvalue weighted by atomic mass is 16.5. The second-order valence-corrected chi connectivity index (χ2v) is 4.40. The fraction of sp³-hybridized carbons (Fsp3) is 0.308. The van der Waals surface area contributed by atoms with Gasteiger partial charge in [0.1, 0.15) is 5.75 Å². The molecule has 1 aromatic carbocycles. The van der Waals surface area contributed by atoms with Crippen LogP contribution in [0.25, 0.3) is 11.5 Å². The van der Waals surface area contributed by atoms with Crippen LogP contribution in [-0.4, -0.2) is 28.8 Å². The van der Waals surface area contributed by atoms with E-state index in [4.69, 9.17) is 9.15 Å². The molecule has 1 N–H and O–H groups in total. The number of benzene rings is 1. The van der Waals surface area contributed by atoms with Gasteiger partial charge in [-0.15, -0.1) is 10.2 Å². The van der Waals surface area contributed by atoms with Gasteiger partial charge in [-0.3, -0.25) is 4.79 Å². The summed E-state index contributed by atoms with van der Waals surface area (Å²) in [5.41, 5.74) is 0.812. The fourth-order valence-corrected chi connectivity index (χ4v) is 1.64. The Morgan fingerprint density at radius 3 is 2.79 bits per heavy atom. The molecule has 19 heavy (non-hydrogen) atoms. The number of hydrogen-bond donors (Lipinski definition) is 1. The summed E-state index contributed by atoms with van der Waals surface area (Å²) in [7, 11) is 0. The number of nitrogens with one attached hydrogen (secondary N) is 1. The van der Waals surface area contributed by atoms with Gasteiger partial charge in [-0.1, -0.05) is 0 Å². The lowest BCUT2D eigenvalue weighted by atomic mass is 10.2. The van der Waals surface area contributed by atoms with Gasteiger partial charge < -0.3 is 14.5 Å². The van der Waals surface area contributed by atoms with Crippen LogP contribution in [0.1, 0.15) is 12.8 Å². The lowest BCUT2D eigenvalue weighted by Gasteiger charge is -2.06. The Bertz CT molecular complexity index is 547. The second kappa shape index (κ2) is 5.09. The molecule has 98 valence electrons. The lowest BCUT2D eigenvalue weighted by molar-refractivity contribution is -0.123. The summed E-state index contributed by atoms with van der Waals surface area (Å²) >= 11 is 0. The van der Waals surface area contributed by atoms with Gasteiger partial charge in [-0.25, -0.2) is 0 Å². The topological polar surface area (TPSA) is 77.2 Å². The average molecular weight is 259 g/mol. The Morgan fingerprint density at radius 1 is 1.37 bits per heavy atom. The van der Waals surface area contributed by atoms with Gasteiger partial charge in [0.05, 0.1) is 0 Å². The molecule has 2 aromatic rings. The number of nitrogens with zero attached hydrogens (tertiary/aromatic N) is 2. The zero-order valence-corrected chi connectivity index (χ0v) is 10.2. The summed E-state index contributed by atoms with van der Waals surface area (Å²) in [6.07, 6.45) is 3.43. The molecule has 1 fully saturated rings. The average Bonchev–Trinajstić information content (AvgIpc) is 3.07.